The Balaban J connectivity index is 1.59. The van der Waals surface area contributed by atoms with Crippen molar-refractivity contribution in [3.63, 3.8) is 0 Å². The first-order chi connectivity index (χ1) is 13.5. The van der Waals surface area contributed by atoms with Crippen molar-refractivity contribution in [2.45, 2.75) is 6.92 Å². The van der Waals surface area contributed by atoms with Gasteiger partial charge < -0.3 is 9.80 Å². The van der Waals surface area contributed by atoms with Gasteiger partial charge in [0.05, 0.1) is 22.1 Å². The zero-order valence-electron chi connectivity index (χ0n) is 15.2. The lowest BCUT2D eigenvalue weighted by Gasteiger charge is -2.36. The summed E-state index contributed by atoms with van der Waals surface area (Å²) in [5, 5.41) is 21.0. The van der Waals surface area contributed by atoms with Crippen molar-refractivity contribution >= 4 is 28.2 Å². The quantitative estimate of drug-likeness (QED) is 0.507. The normalized spacial score (nSPS) is 14.1. The first-order valence-corrected chi connectivity index (χ1v) is 8.84. The molecule has 1 aliphatic heterocycles. The van der Waals surface area contributed by atoms with Crippen molar-refractivity contribution in [1.29, 1.82) is 5.26 Å². The molecule has 0 atom stereocenters. The number of aromatic nitrogens is 3. The van der Waals surface area contributed by atoms with Gasteiger partial charge in [0.25, 0.3) is 5.69 Å². The number of aryl methyl sites for hydroxylation is 1. The standard InChI is InChI=1S/C19H17N7O2/c1-13-21-5-4-18(22-13)24-6-8-25(9-7-24)19-10-14(12-20)16-11-15(26(27)28)2-3-17(16)23-19/h2-5,10-11H,6-9H2,1H3. The van der Waals surface area contributed by atoms with Gasteiger partial charge in [-0.05, 0) is 25.1 Å². The summed E-state index contributed by atoms with van der Waals surface area (Å²) in [6, 6.07) is 10.2. The lowest BCUT2D eigenvalue weighted by molar-refractivity contribution is -0.384. The molecule has 3 aromatic rings. The van der Waals surface area contributed by atoms with Crippen molar-refractivity contribution in [1.82, 2.24) is 15.0 Å². The van der Waals surface area contributed by atoms with Gasteiger partial charge in [-0.15, -0.1) is 0 Å². The van der Waals surface area contributed by atoms with Crippen LogP contribution in [0.2, 0.25) is 0 Å². The summed E-state index contributed by atoms with van der Waals surface area (Å²) in [7, 11) is 0. The molecule has 3 heterocycles. The molecule has 4 rings (SSSR count). The second-order valence-corrected chi connectivity index (χ2v) is 6.53. The molecule has 0 saturated carbocycles. The van der Waals surface area contributed by atoms with Gasteiger partial charge in [0.1, 0.15) is 17.5 Å². The topological polar surface area (TPSA) is 112 Å². The number of nitriles is 1. The molecule has 0 unspecified atom stereocenters. The minimum absolute atomic E-state index is 0.0488. The molecule has 1 aromatic carbocycles. The van der Waals surface area contributed by atoms with Crippen LogP contribution in [-0.4, -0.2) is 46.1 Å². The van der Waals surface area contributed by atoms with Gasteiger partial charge in [0, 0.05) is 49.9 Å². The van der Waals surface area contributed by atoms with E-state index >= 15 is 0 Å². The number of nitrogens with zero attached hydrogens (tertiary/aromatic N) is 7. The number of benzene rings is 1. The van der Waals surface area contributed by atoms with Gasteiger partial charge in [-0.1, -0.05) is 0 Å². The highest BCUT2D eigenvalue weighted by atomic mass is 16.6. The molecule has 0 bridgehead atoms. The molecule has 0 aliphatic carbocycles. The molecule has 2 aromatic heterocycles. The molecule has 1 fully saturated rings. The van der Waals surface area contributed by atoms with E-state index in [1.54, 1.807) is 18.3 Å². The maximum atomic E-state index is 11.0. The first kappa shape index (κ1) is 17.6. The van der Waals surface area contributed by atoms with Gasteiger partial charge in [0.15, 0.2) is 0 Å². The van der Waals surface area contributed by atoms with E-state index in [1.807, 2.05) is 13.0 Å². The molecule has 1 aliphatic rings. The third kappa shape index (κ3) is 3.27. The van der Waals surface area contributed by atoms with Crippen LogP contribution < -0.4 is 9.80 Å². The summed E-state index contributed by atoms with van der Waals surface area (Å²) in [5.41, 5.74) is 0.915. The molecule has 0 radical (unpaired) electrons. The Hall–Kier alpha value is -3.80. The molecular weight excluding hydrogens is 358 g/mol. The summed E-state index contributed by atoms with van der Waals surface area (Å²) >= 11 is 0. The fourth-order valence-corrected chi connectivity index (χ4v) is 3.35. The minimum atomic E-state index is -0.470. The second kappa shape index (κ2) is 7.08. The molecule has 140 valence electrons. The molecule has 1 saturated heterocycles. The Morgan fingerprint density at radius 3 is 2.43 bits per heavy atom. The van der Waals surface area contributed by atoms with E-state index in [2.05, 4.69) is 30.8 Å². The van der Waals surface area contributed by atoms with Gasteiger partial charge in [-0.2, -0.15) is 5.26 Å². The first-order valence-electron chi connectivity index (χ1n) is 8.84. The molecular formula is C19H17N7O2. The molecule has 0 N–H and O–H groups in total. The predicted molar refractivity (Wildman–Crippen MR) is 104 cm³/mol. The smallest absolute Gasteiger partial charge is 0.270 e. The summed E-state index contributed by atoms with van der Waals surface area (Å²) < 4.78 is 0. The van der Waals surface area contributed by atoms with Crippen LogP contribution >= 0.6 is 0 Å². The highest BCUT2D eigenvalue weighted by molar-refractivity contribution is 5.88. The molecule has 0 spiro atoms. The van der Waals surface area contributed by atoms with E-state index in [1.165, 1.54) is 12.1 Å². The molecule has 0 amide bonds. The van der Waals surface area contributed by atoms with Gasteiger partial charge in [-0.3, -0.25) is 10.1 Å². The van der Waals surface area contributed by atoms with Crippen LogP contribution in [0.4, 0.5) is 17.3 Å². The van der Waals surface area contributed by atoms with E-state index in [-0.39, 0.29) is 5.69 Å². The number of anilines is 2. The highest BCUT2D eigenvalue weighted by Crippen LogP contribution is 2.27. The zero-order chi connectivity index (χ0) is 19.7. The number of fused-ring (bicyclic) bond motifs is 1. The Kier molecular flexibility index (Phi) is 4.45. The van der Waals surface area contributed by atoms with Crippen molar-refractivity contribution in [2.75, 3.05) is 36.0 Å². The number of piperazine rings is 1. The van der Waals surface area contributed by atoms with Crippen LogP contribution in [-0.2, 0) is 0 Å². The zero-order valence-corrected chi connectivity index (χ0v) is 15.2. The fourth-order valence-electron chi connectivity index (χ4n) is 3.35. The Labute approximate surface area is 161 Å². The SMILES string of the molecule is Cc1nccc(N2CCN(c3cc(C#N)c4cc([N+](=O)[O-])ccc4n3)CC2)n1. The number of rotatable bonds is 3. The van der Waals surface area contributed by atoms with Crippen molar-refractivity contribution < 1.29 is 4.92 Å². The maximum absolute atomic E-state index is 11.0. The van der Waals surface area contributed by atoms with Crippen molar-refractivity contribution in [2.24, 2.45) is 0 Å². The fraction of sp³-hybridized carbons (Fsp3) is 0.263. The van der Waals surface area contributed by atoms with Crippen LogP contribution in [0.15, 0.2) is 36.5 Å². The van der Waals surface area contributed by atoms with E-state index in [9.17, 15) is 15.4 Å². The summed E-state index contributed by atoms with van der Waals surface area (Å²) in [6.45, 7) is 4.89. The van der Waals surface area contributed by atoms with E-state index < -0.39 is 4.92 Å². The minimum Gasteiger partial charge on any atom is -0.353 e. The van der Waals surface area contributed by atoms with Crippen molar-refractivity contribution in [3.8, 4) is 6.07 Å². The van der Waals surface area contributed by atoms with E-state index in [4.69, 9.17) is 0 Å². The number of pyridine rings is 1. The maximum Gasteiger partial charge on any atom is 0.270 e. The lowest BCUT2D eigenvalue weighted by Crippen LogP contribution is -2.47. The Morgan fingerprint density at radius 2 is 1.79 bits per heavy atom. The van der Waals surface area contributed by atoms with E-state index in [0.717, 1.165) is 37.8 Å². The average molecular weight is 375 g/mol. The van der Waals surface area contributed by atoms with Crippen LogP contribution in [0.3, 0.4) is 0 Å². The highest BCUT2D eigenvalue weighted by Gasteiger charge is 2.21. The summed E-state index contributed by atoms with van der Waals surface area (Å²) in [6.07, 6.45) is 1.76. The van der Waals surface area contributed by atoms with Crippen LogP contribution in [0.5, 0.6) is 0 Å². The van der Waals surface area contributed by atoms with Crippen LogP contribution in [0, 0.1) is 28.4 Å². The lowest BCUT2D eigenvalue weighted by atomic mass is 10.1. The summed E-state index contributed by atoms with van der Waals surface area (Å²) in [5.74, 6) is 2.35. The van der Waals surface area contributed by atoms with Crippen LogP contribution in [0.25, 0.3) is 10.9 Å². The van der Waals surface area contributed by atoms with Gasteiger partial charge in [-0.25, -0.2) is 15.0 Å². The Morgan fingerprint density at radius 1 is 1.07 bits per heavy atom. The number of hydrogen-bond donors (Lipinski definition) is 0. The third-order valence-corrected chi connectivity index (χ3v) is 4.80. The largest absolute Gasteiger partial charge is 0.353 e. The molecule has 9 nitrogen and oxygen atoms in total. The number of nitro benzene ring substituents is 1. The number of nitro groups is 1. The average Bonchev–Trinajstić information content (AvgIpc) is 2.72. The predicted octanol–water partition coefficient (Wildman–Crippen LogP) is 2.44. The monoisotopic (exact) mass is 375 g/mol. The van der Waals surface area contributed by atoms with Gasteiger partial charge >= 0.3 is 0 Å². The van der Waals surface area contributed by atoms with E-state index in [0.29, 0.717) is 22.3 Å². The number of hydrogen-bond acceptors (Lipinski definition) is 8. The second-order valence-electron chi connectivity index (χ2n) is 6.53. The number of non-ortho nitro benzene ring substituents is 1. The Bertz CT molecular complexity index is 1100. The summed E-state index contributed by atoms with van der Waals surface area (Å²) in [4.78, 5) is 28.1. The van der Waals surface area contributed by atoms with Crippen LogP contribution in [0.1, 0.15) is 11.4 Å². The molecule has 9 heteroatoms. The van der Waals surface area contributed by atoms with Gasteiger partial charge in [0.2, 0.25) is 0 Å². The van der Waals surface area contributed by atoms with Crippen molar-refractivity contribution in [3.05, 3.63) is 58.0 Å². The molecule has 28 heavy (non-hydrogen) atoms. The third-order valence-electron chi connectivity index (χ3n) is 4.80.